The molecule has 116 valence electrons. The molecule has 0 aliphatic heterocycles. The molecule has 5 nitrogen and oxygen atoms in total. The first-order chi connectivity index (χ1) is 10.4. The van der Waals surface area contributed by atoms with Crippen LogP contribution in [0.25, 0.3) is 0 Å². The van der Waals surface area contributed by atoms with Gasteiger partial charge in [0.1, 0.15) is 0 Å². The first kappa shape index (κ1) is 14.9. The maximum absolute atomic E-state index is 12.4. The summed E-state index contributed by atoms with van der Waals surface area (Å²) < 4.78 is 27.6. The van der Waals surface area contributed by atoms with Crippen LogP contribution < -0.4 is 15.8 Å². The first-order valence-electron chi connectivity index (χ1n) is 7.14. The molecule has 22 heavy (non-hydrogen) atoms. The van der Waals surface area contributed by atoms with Crippen LogP contribution in [0.4, 0.5) is 17.1 Å². The number of rotatable bonds is 5. The normalized spacial score (nSPS) is 16.2. The van der Waals surface area contributed by atoms with Crippen LogP contribution >= 0.6 is 0 Å². The first-order valence-corrected chi connectivity index (χ1v) is 8.62. The van der Waals surface area contributed by atoms with Crippen molar-refractivity contribution in [3.8, 4) is 0 Å². The fourth-order valence-electron chi connectivity index (χ4n) is 2.16. The standard InChI is InChI=1S/C16H19N3O2S/c1-16(9-10-16)19-22(20,21)13-7-8-14(17)15(11-13)18-12-5-3-2-4-6-12/h2-8,11,18-19H,9-10,17H2,1H3. The number of nitrogens with two attached hydrogens (primary N) is 1. The molecule has 0 bridgehead atoms. The highest BCUT2D eigenvalue weighted by molar-refractivity contribution is 7.89. The molecule has 1 saturated carbocycles. The smallest absolute Gasteiger partial charge is 0.241 e. The lowest BCUT2D eigenvalue weighted by atomic mass is 10.2. The molecule has 1 fully saturated rings. The fraction of sp³-hybridized carbons (Fsp3) is 0.250. The Balaban J connectivity index is 1.89. The van der Waals surface area contributed by atoms with Crippen molar-refractivity contribution in [2.45, 2.75) is 30.2 Å². The minimum absolute atomic E-state index is 0.216. The summed E-state index contributed by atoms with van der Waals surface area (Å²) in [5.74, 6) is 0. The lowest BCUT2D eigenvalue weighted by Gasteiger charge is -2.15. The summed E-state index contributed by atoms with van der Waals surface area (Å²) in [6.07, 6.45) is 1.74. The molecule has 4 N–H and O–H groups in total. The average Bonchev–Trinajstić information content (AvgIpc) is 3.18. The van der Waals surface area contributed by atoms with E-state index >= 15 is 0 Å². The molecule has 0 radical (unpaired) electrons. The van der Waals surface area contributed by atoms with Gasteiger partial charge in [-0.1, -0.05) is 18.2 Å². The molecule has 0 heterocycles. The molecule has 1 aliphatic rings. The van der Waals surface area contributed by atoms with E-state index in [9.17, 15) is 8.42 Å². The lowest BCUT2D eigenvalue weighted by Crippen LogP contribution is -2.34. The average molecular weight is 317 g/mol. The molecule has 0 atom stereocenters. The number of nitrogens with one attached hydrogen (secondary N) is 2. The van der Waals surface area contributed by atoms with E-state index in [1.54, 1.807) is 12.1 Å². The summed E-state index contributed by atoms with van der Waals surface area (Å²) in [7, 11) is -3.53. The van der Waals surface area contributed by atoms with Crippen LogP contribution in [-0.4, -0.2) is 14.0 Å². The van der Waals surface area contributed by atoms with Gasteiger partial charge in [-0.2, -0.15) is 0 Å². The molecule has 0 spiro atoms. The minimum atomic E-state index is -3.53. The summed E-state index contributed by atoms with van der Waals surface area (Å²) in [4.78, 5) is 0.216. The Bertz CT molecular complexity index is 784. The van der Waals surface area contributed by atoms with Gasteiger partial charge in [-0.15, -0.1) is 0 Å². The van der Waals surface area contributed by atoms with Crippen molar-refractivity contribution >= 4 is 27.1 Å². The van der Waals surface area contributed by atoms with Crippen molar-refractivity contribution in [1.82, 2.24) is 4.72 Å². The monoisotopic (exact) mass is 317 g/mol. The number of para-hydroxylation sites is 1. The Morgan fingerprint density at radius 2 is 1.77 bits per heavy atom. The molecular formula is C16H19N3O2S. The van der Waals surface area contributed by atoms with E-state index in [1.165, 1.54) is 6.07 Å². The summed E-state index contributed by atoms with van der Waals surface area (Å²) in [5, 5.41) is 3.15. The third kappa shape index (κ3) is 3.23. The van der Waals surface area contributed by atoms with Crippen LogP contribution in [0.5, 0.6) is 0 Å². The third-order valence-corrected chi connectivity index (χ3v) is 5.40. The Labute approximate surface area is 130 Å². The highest BCUT2D eigenvalue weighted by Gasteiger charge is 2.41. The van der Waals surface area contributed by atoms with Gasteiger partial charge < -0.3 is 11.1 Å². The predicted octanol–water partition coefficient (Wildman–Crippen LogP) is 2.84. The zero-order valence-electron chi connectivity index (χ0n) is 12.3. The topological polar surface area (TPSA) is 84.2 Å². The Morgan fingerprint density at radius 1 is 1.09 bits per heavy atom. The highest BCUT2D eigenvalue weighted by Crippen LogP contribution is 2.36. The van der Waals surface area contributed by atoms with Crippen LogP contribution in [-0.2, 0) is 10.0 Å². The van der Waals surface area contributed by atoms with Crippen LogP contribution in [0.15, 0.2) is 53.4 Å². The van der Waals surface area contributed by atoms with Gasteiger partial charge >= 0.3 is 0 Å². The summed E-state index contributed by atoms with van der Waals surface area (Å²) in [6.45, 7) is 1.91. The largest absolute Gasteiger partial charge is 0.397 e. The maximum atomic E-state index is 12.4. The van der Waals surface area contributed by atoms with Gasteiger partial charge in [0.2, 0.25) is 10.0 Å². The second-order valence-electron chi connectivity index (χ2n) is 5.91. The number of sulfonamides is 1. The number of anilines is 3. The Morgan fingerprint density at radius 3 is 2.41 bits per heavy atom. The van der Waals surface area contributed by atoms with E-state index in [2.05, 4.69) is 10.0 Å². The van der Waals surface area contributed by atoms with E-state index in [-0.39, 0.29) is 10.4 Å². The summed E-state index contributed by atoms with van der Waals surface area (Å²) in [5.41, 5.74) is 7.58. The van der Waals surface area contributed by atoms with E-state index in [0.29, 0.717) is 11.4 Å². The lowest BCUT2D eigenvalue weighted by molar-refractivity contribution is 0.558. The molecule has 0 aromatic heterocycles. The summed E-state index contributed by atoms with van der Waals surface area (Å²) in [6, 6.07) is 14.2. The van der Waals surface area contributed by atoms with Crippen molar-refractivity contribution in [3.63, 3.8) is 0 Å². The molecule has 1 aliphatic carbocycles. The highest BCUT2D eigenvalue weighted by atomic mass is 32.2. The fourth-order valence-corrected chi connectivity index (χ4v) is 3.65. The van der Waals surface area contributed by atoms with Crippen molar-refractivity contribution in [3.05, 3.63) is 48.5 Å². The van der Waals surface area contributed by atoms with Gasteiger partial charge in [0, 0.05) is 11.2 Å². The summed E-state index contributed by atoms with van der Waals surface area (Å²) >= 11 is 0. The van der Waals surface area contributed by atoms with Gasteiger partial charge in [-0.3, -0.25) is 0 Å². The number of benzene rings is 2. The number of nitrogen functional groups attached to an aromatic ring is 1. The Hall–Kier alpha value is -2.05. The molecule has 0 amide bonds. The quantitative estimate of drug-likeness (QED) is 0.740. The molecule has 0 unspecified atom stereocenters. The van der Waals surface area contributed by atoms with Gasteiger partial charge in [-0.05, 0) is 50.1 Å². The minimum Gasteiger partial charge on any atom is -0.397 e. The van der Waals surface area contributed by atoms with Crippen LogP contribution in [0, 0.1) is 0 Å². The number of hydrogen-bond acceptors (Lipinski definition) is 4. The molecular weight excluding hydrogens is 298 g/mol. The second kappa shape index (κ2) is 5.30. The maximum Gasteiger partial charge on any atom is 0.241 e. The molecule has 2 aromatic carbocycles. The third-order valence-electron chi connectivity index (χ3n) is 3.77. The van der Waals surface area contributed by atoms with Crippen LogP contribution in [0.3, 0.4) is 0 Å². The number of hydrogen-bond donors (Lipinski definition) is 3. The molecule has 2 aromatic rings. The van der Waals surface area contributed by atoms with E-state index in [1.807, 2.05) is 37.3 Å². The predicted molar refractivity (Wildman–Crippen MR) is 88.5 cm³/mol. The van der Waals surface area contributed by atoms with Crippen molar-refractivity contribution in [1.29, 1.82) is 0 Å². The van der Waals surface area contributed by atoms with E-state index in [0.717, 1.165) is 18.5 Å². The van der Waals surface area contributed by atoms with Crippen molar-refractivity contribution < 1.29 is 8.42 Å². The van der Waals surface area contributed by atoms with Gasteiger partial charge in [-0.25, -0.2) is 13.1 Å². The van der Waals surface area contributed by atoms with Crippen molar-refractivity contribution in [2.24, 2.45) is 0 Å². The zero-order chi connectivity index (χ0) is 15.8. The van der Waals surface area contributed by atoms with Gasteiger partial charge in [0.25, 0.3) is 0 Å². The van der Waals surface area contributed by atoms with E-state index in [4.69, 9.17) is 5.73 Å². The second-order valence-corrected chi connectivity index (χ2v) is 7.59. The SMILES string of the molecule is CC1(NS(=O)(=O)c2ccc(N)c(Nc3ccccc3)c2)CC1. The molecule has 0 saturated heterocycles. The molecule has 3 rings (SSSR count). The zero-order valence-corrected chi connectivity index (χ0v) is 13.2. The van der Waals surface area contributed by atoms with E-state index < -0.39 is 10.0 Å². The van der Waals surface area contributed by atoms with Crippen LogP contribution in [0.2, 0.25) is 0 Å². The Kier molecular flexibility index (Phi) is 3.58. The van der Waals surface area contributed by atoms with Crippen LogP contribution in [0.1, 0.15) is 19.8 Å². The molecule has 6 heteroatoms. The van der Waals surface area contributed by atoms with Gasteiger partial charge in [0.05, 0.1) is 16.3 Å². The van der Waals surface area contributed by atoms with Gasteiger partial charge in [0.15, 0.2) is 0 Å². The van der Waals surface area contributed by atoms with Crippen molar-refractivity contribution in [2.75, 3.05) is 11.1 Å².